The number of hydrogen-bond acceptors (Lipinski definition) is 11. The average Bonchev–Trinajstić information content (AvgIpc) is 3.28. The monoisotopic (exact) mass is 537 g/mol. The van der Waals surface area contributed by atoms with E-state index in [4.69, 9.17) is 31.2 Å². The molecule has 0 radical (unpaired) electrons. The number of hydrogen-bond donors (Lipinski definition) is 0. The first kappa shape index (κ1) is 26.8. The highest BCUT2D eigenvalue weighted by Gasteiger charge is 2.48. The van der Waals surface area contributed by atoms with Crippen molar-refractivity contribution >= 4 is 75.7 Å². The molecule has 3 rings (SSSR count). The Morgan fingerprint density at radius 1 is 1.00 bits per heavy atom. The lowest BCUT2D eigenvalue weighted by Gasteiger charge is -2.44. The summed E-state index contributed by atoms with van der Waals surface area (Å²) in [5.74, 6) is -2.78. The zero-order valence-electron chi connectivity index (χ0n) is 19.9. The minimum Gasteiger partial charge on any atom is -0.497 e. The van der Waals surface area contributed by atoms with E-state index >= 15 is 0 Å². The molecule has 0 N–H and O–H groups in total. The standard InChI is InChI=1S/C23H23NO8S3/c1-7-32-21(28)18(25)24-13-9-8-11(29-4)10-12(13)14(17(33)23(24,2)3)22-34-15(19(26)30-5)16(35-22)20(27)31-6/h8-10H,7H2,1-6H3. The summed E-state index contributed by atoms with van der Waals surface area (Å²) in [6.45, 7) is 5.07. The van der Waals surface area contributed by atoms with Gasteiger partial charge in [-0.25, -0.2) is 14.4 Å². The molecule has 12 heteroatoms. The van der Waals surface area contributed by atoms with Crippen LogP contribution < -0.4 is 9.64 Å². The Morgan fingerprint density at radius 2 is 1.57 bits per heavy atom. The van der Waals surface area contributed by atoms with Crippen LogP contribution in [0.3, 0.4) is 0 Å². The van der Waals surface area contributed by atoms with Crippen molar-refractivity contribution in [2.75, 3.05) is 32.8 Å². The first-order valence-electron chi connectivity index (χ1n) is 10.3. The molecule has 0 aliphatic carbocycles. The van der Waals surface area contributed by atoms with E-state index in [2.05, 4.69) is 0 Å². The molecule has 1 aromatic rings. The molecular weight excluding hydrogens is 514 g/mol. The summed E-state index contributed by atoms with van der Waals surface area (Å²) in [4.78, 5) is 52.1. The molecule has 0 spiro atoms. The molecule has 0 saturated carbocycles. The number of rotatable bonds is 4. The van der Waals surface area contributed by atoms with Crippen LogP contribution in [-0.2, 0) is 33.4 Å². The van der Waals surface area contributed by atoms with Crippen LogP contribution >= 0.6 is 35.7 Å². The number of methoxy groups -OCH3 is 3. The molecule has 186 valence electrons. The number of carbonyl (C=O) groups is 4. The minimum absolute atomic E-state index is 0.0413. The van der Waals surface area contributed by atoms with Gasteiger partial charge in [0, 0.05) is 11.1 Å². The van der Waals surface area contributed by atoms with Crippen LogP contribution in [0.5, 0.6) is 5.75 Å². The second-order valence-electron chi connectivity index (χ2n) is 7.64. The molecule has 2 heterocycles. The van der Waals surface area contributed by atoms with E-state index in [-0.39, 0.29) is 16.4 Å². The molecule has 0 atom stereocenters. The SMILES string of the molecule is CCOC(=O)C(=O)N1c2ccc(OC)cc2C(=C2SC(C(=O)OC)=C(C(=O)OC)S2)C(=S)C1(C)C. The van der Waals surface area contributed by atoms with Crippen molar-refractivity contribution in [2.24, 2.45) is 0 Å². The third kappa shape index (κ3) is 4.69. The molecule has 9 nitrogen and oxygen atoms in total. The first-order valence-corrected chi connectivity index (χ1v) is 12.3. The predicted octanol–water partition coefficient (Wildman–Crippen LogP) is 3.46. The maximum absolute atomic E-state index is 13.2. The Bertz CT molecular complexity index is 1170. The fourth-order valence-electron chi connectivity index (χ4n) is 3.57. The summed E-state index contributed by atoms with van der Waals surface area (Å²) in [5.41, 5.74) is 0.292. The Morgan fingerprint density at radius 3 is 2.06 bits per heavy atom. The maximum Gasteiger partial charge on any atom is 0.397 e. The van der Waals surface area contributed by atoms with E-state index in [1.807, 2.05) is 0 Å². The van der Waals surface area contributed by atoms with Gasteiger partial charge in [-0.1, -0.05) is 35.7 Å². The molecular formula is C23H23NO8S3. The molecule has 1 aromatic carbocycles. The van der Waals surface area contributed by atoms with Crippen molar-refractivity contribution in [3.05, 3.63) is 37.8 Å². The van der Waals surface area contributed by atoms with Gasteiger partial charge in [0.25, 0.3) is 0 Å². The smallest absolute Gasteiger partial charge is 0.397 e. The number of fused-ring (bicyclic) bond motifs is 1. The normalized spacial score (nSPS) is 16.6. The highest BCUT2D eigenvalue weighted by Crippen LogP contribution is 2.56. The quantitative estimate of drug-likeness (QED) is 0.185. The van der Waals surface area contributed by atoms with E-state index in [0.29, 0.717) is 31.7 Å². The zero-order chi connectivity index (χ0) is 26.1. The van der Waals surface area contributed by atoms with Crippen molar-refractivity contribution in [3.63, 3.8) is 0 Å². The van der Waals surface area contributed by atoms with Gasteiger partial charge in [-0.05, 0) is 39.0 Å². The number of thioether (sulfide) groups is 2. The number of ether oxygens (including phenoxy) is 4. The van der Waals surface area contributed by atoms with Crippen LogP contribution in [-0.4, -0.2) is 62.2 Å². The highest BCUT2D eigenvalue weighted by atomic mass is 32.2. The van der Waals surface area contributed by atoms with Crippen LogP contribution in [0.25, 0.3) is 5.57 Å². The van der Waals surface area contributed by atoms with E-state index in [1.165, 1.54) is 26.2 Å². The van der Waals surface area contributed by atoms with Crippen molar-refractivity contribution in [2.45, 2.75) is 26.3 Å². The van der Waals surface area contributed by atoms with Crippen molar-refractivity contribution in [1.29, 1.82) is 0 Å². The Labute approximate surface area is 216 Å². The van der Waals surface area contributed by atoms with E-state index in [9.17, 15) is 19.2 Å². The van der Waals surface area contributed by atoms with Gasteiger partial charge in [-0.2, -0.15) is 0 Å². The molecule has 0 fully saturated rings. The zero-order valence-corrected chi connectivity index (χ0v) is 22.3. The van der Waals surface area contributed by atoms with E-state index in [0.717, 1.165) is 23.5 Å². The molecule has 0 unspecified atom stereocenters. The maximum atomic E-state index is 13.2. The second-order valence-corrected chi connectivity index (χ2v) is 10.3. The number of carbonyl (C=O) groups excluding carboxylic acids is 4. The lowest BCUT2D eigenvalue weighted by Crippen LogP contribution is -2.58. The number of benzene rings is 1. The fourth-order valence-corrected chi connectivity index (χ4v) is 6.61. The van der Waals surface area contributed by atoms with Gasteiger partial charge in [0.1, 0.15) is 15.6 Å². The molecule has 2 aliphatic heterocycles. The van der Waals surface area contributed by atoms with E-state index in [1.54, 1.807) is 39.0 Å². The van der Waals surface area contributed by atoms with Crippen LogP contribution in [0.2, 0.25) is 0 Å². The topological polar surface area (TPSA) is 108 Å². The summed E-state index contributed by atoms with van der Waals surface area (Å²) in [5, 5.41) is 0. The third-order valence-electron chi connectivity index (χ3n) is 5.25. The summed E-state index contributed by atoms with van der Waals surface area (Å²) in [6.07, 6.45) is 0. The van der Waals surface area contributed by atoms with Crippen LogP contribution in [0, 0.1) is 0 Å². The first-order chi connectivity index (χ1) is 16.5. The van der Waals surface area contributed by atoms with Gasteiger partial charge in [-0.3, -0.25) is 9.69 Å². The molecule has 0 bridgehead atoms. The number of anilines is 1. The van der Waals surface area contributed by atoms with E-state index < -0.39 is 29.4 Å². The minimum atomic E-state index is -1.14. The van der Waals surface area contributed by atoms with Gasteiger partial charge in [0.05, 0.1) is 48.3 Å². The molecule has 2 aliphatic rings. The number of nitrogens with zero attached hydrogens (tertiary/aromatic N) is 1. The lowest BCUT2D eigenvalue weighted by molar-refractivity contribution is -0.153. The van der Waals surface area contributed by atoms with Gasteiger partial charge < -0.3 is 18.9 Å². The fraction of sp³-hybridized carbons (Fsp3) is 0.348. The lowest BCUT2D eigenvalue weighted by atomic mass is 9.83. The van der Waals surface area contributed by atoms with Crippen LogP contribution in [0.15, 0.2) is 32.2 Å². The Balaban J connectivity index is 2.26. The molecule has 0 saturated heterocycles. The number of esters is 3. The number of amides is 1. The summed E-state index contributed by atoms with van der Waals surface area (Å²) in [6, 6.07) is 4.99. The van der Waals surface area contributed by atoms with Crippen LogP contribution in [0.1, 0.15) is 26.3 Å². The Kier molecular flexibility index (Phi) is 7.97. The molecule has 1 amide bonds. The van der Waals surface area contributed by atoms with Gasteiger partial charge in [0.2, 0.25) is 0 Å². The van der Waals surface area contributed by atoms with Crippen molar-refractivity contribution in [3.8, 4) is 5.75 Å². The summed E-state index contributed by atoms with van der Waals surface area (Å²) >= 11 is 7.91. The largest absolute Gasteiger partial charge is 0.497 e. The van der Waals surface area contributed by atoms with Crippen molar-refractivity contribution in [1.82, 2.24) is 0 Å². The second kappa shape index (κ2) is 10.4. The average molecular weight is 538 g/mol. The van der Waals surface area contributed by atoms with Crippen LogP contribution in [0.4, 0.5) is 5.69 Å². The molecule has 35 heavy (non-hydrogen) atoms. The Hall–Kier alpha value is -2.83. The van der Waals surface area contributed by atoms with Gasteiger partial charge >= 0.3 is 23.8 Å². The van der Waals surface area contributed by atoms with Gasteiger partial charge in [0.15, 0.2) is 0 Å². The number of thiocarbonyl (C=S) groups is 1. The highest BCUT2D eigenvalue weighted by molar-refractivity contribution is 8.29. The predicted molar refractivity (Wildman–Crippen MR) is 137 cm³/mol. The van der Waals surface area contributed by atoms with Gasteiger partial charge in [-0.15, -0.1) is 0 Å². The summed E-state index contributed by atoms with van der Waals surface area (Å²) < 4.78 is 20.6. The molecule has 0 aromatic heterocycles. The van der Waals surface area contributed by atoms with Crippen molar-refractivity contribution < 1.29 is 38.1 Å². The third-order valence-corrected chi connectivity index (χ3v) is 8.51. The summed E-state index contributed by atoms with van der Waals surface area (Å²) in [7, 11) is 3.93.